The zero-order valence-electron chi connectivity index (χ0n) is 10.7. The van der Waals surface area contributed by atoms with Gasteiger partial charge in [-0.05, 0) is 30.3 Å². The molecule has 0 N–H and O–H groups in total. The van der Waals surface area contributed by atoms with Gasteiger partial charge in [-0.1, -0.05) is 39.7 Å². The molecule has 2 aromatic rings. The fraction of sp³-hybridized carbons (Fsp3) is 0.133. The first-order chi connectivity index (χ1) is 9.60. The number of methoxy groups -OCH3 is 1. The van der Waals surface area contributed by atoms with Crippen LogP contribution in [0.2, 0.25) is 5.02 Å². The van der Waals surface area contributed by atoms with Crippen LogP contribution in [0.5, 0.6) is 5.75 Å². The molecule has 0 aromatic heterocycles. The van der Waals surface area contributed by atoms with Crippen molar-refractivity contribution >= 4 is 33.5 Å². The lowest BCUT2D eigenvalue weighted by molar-refractivity contribution is 0.0600. The van der Waals surface area contributed by atoms with E-state index in [0.29, 0.717) is 22.9 Å². The van der Waals surface area contributed by atoms with Gasteiger partial charge in [-0.2, -0.15) is 0 Å². The quantitative estimate of drug-likeness (QED) is 0.759. The Hall–Kier alpha value is -1.52. The lowest BCUT2D eigenvalue weighted by Crippen LogP contribution is -2.02. The summed E-state index contributed by atoms with van der Waals surface area (Å²) in [5, 5.41) is 0.660. The van der Waals surface area contributed by atoms with Gasteiger partial charge in [0.1, 0.15) is 12.4 Å². The van der Waals surface area contributed by atoms with E-state index in [-0.39, 0.29) is 5.97 Å². The third-order valence-electron chi connectivity index (χ3n) is 2.66. The van der Waals surface area contributed by atoms with Gasteiger partial charge in [0.25, 0.3) is 0 Å². The number of ether oxygens (including phenoxy) is 2. The maximum atomic E-state index is 11.4. The Morgan fingerprint density at radius 1 is 1.25 bits per heavy atom. The van der Waals surface area contributed by atoms with E-state index in [2.05, 4.69) is 20.7 Å². The number of esters is 1. The normalized spacial score (nSPS) is 10.2. The number of halogens is 2. The van der Waals surface area contributed by atoms with Crippen molar-refractivity contribution in [1.29, 1.82) is 0 Å². The molecule has 3 nitrogen and oxygen atoms in total. The standard InChI is InChI=1S/C15H12BrClO3/c1-19-15(18)10-3-2-4-13(7-10)20-9-11-5-6-12(17)8-14(11)16/h2-8H,9H2,1H3. The summed E-state index contributed by atoms with van der Waals surface area (Å²) in [6.07, 6.45) is 0. The fourth-order valence-corrected chi connectivity index (χ4v) is 2.43. The summed E-state index contributed by atoms with van der Waals surface area (Å²) >= 11 is 9.31. The van der Waals surface area contributed by atoms with Gasteiger partial charge in [-0.25, -0.2) is 4.79 Å². The van der Waals surface area contributed by atoms with Gasteiger partial charge in [0.2, 0.25) is 0 Å². The molecule has 2 aromatic carbocycles. The predicted molar refractivity (Wildman–Crippen MR) is 81.3 cm³/mol. The van der Waals surface area contributed by atoms with Crippen LogP contribution in [0.4, 0.5) is 0 Å². The van der Waals surface area contributed by atoms with Gasteiger partial charge in [0.15, 0.2) is 0 Å². The van der Waals surface area contributed by atoms with Gasteiger partial charge < -0.3 is 9.47 Å². The molecule has 20 heavy (non-hydrogen) atoms. The third-order valence-corrected chi connectivity index (χ3v) is 3.64. The average Bonchev–Trinajstić information content (AvgIpc) is 2.46. The maximum Gasteiger partial charge on any atom is 0.337 e. The molecule has 0 atom stereocenters. The van der Waals surface area contributed by atoms with Crippen LogP contribution in [0.25, 0.3) is 0 Å². The van der Waals surface area contributed by atoms with E-state index in [0.717, 1.165) is 10.0 Å². The second-order valence-corrected chi connectivity index (χ2v) is 5.33. The predicted octanol–water partition coefficient (Wildman–Crippen LogP) is 4.47. The number of benzene rings is 2. The molecule has 0 bridgehead atoms. The summed E-state index contributed by atoms with van der Waals surface area (Å²) in [7, 11) is 1.35. The van der Waals surface area contributed by atoms with Crippen LogP contribution in [0.1, 0.15) is 15.9 Å². The Kier molecular flexibility index (Phi) is 5.04. The molecule has 0 radical (unpaired) electrons. The fourth-order valence-electron chi connectivity index (χ4n) is 1.63. The Morgan fingerprint density at radius 2 is 2.05 bits per heavy atom. The highest BCUT2D eigenvalue weighted by atomic mass is 79.9. The highest BCUT2D eigenvalue weighted by molar-refractivity contribution is 9.10. The zero-order chi connectivity index (χ0) is 14.5. The Morgan fingerprint density at radius 3 is 2.75 bits per heavy atom. The lowest BCUT2D eigenvalue weighted by atomic mass is 10.2. The highest BCUT2D eigenvalue weighted by Gasteiger charge is 2.07. The van der Waals surface area contributed by atoms with E-state index in [1.165, 1.54) is 7.11 Å². The highest BCUT2D eigenvalue weighted by Crippen LogP contribution is 2.23. The molecular weight excluding hydrogens is 344 g/mol. The molecule has 104 valence electrons. The molecule has 0 aliphatic carbocycles. The maximum absolute atomic E-state index is 11.4. The molecule has 0 aliphatic rings. The topological polar surface area (TPSA) is 35.5 Å². The molecule has 0 heterocycles. The number of carbonyl (C=O) groups excluding carboxylic acids is 1. The van der Waals surface area contributed by atoms with Crippen LogP contribution in [0.15, 0.2) is 46.9 Å². The molecule has 5 heteroatoms. The number of hydrogen-bond donors (Lipinski definition) is 0. The molecule has 0 fully saturated rings. The van der Waals surface area contributed by atoms with Gasteiger partial charge in [-0.15, -0.1) is 0 Å². The molecule has 0 saturated heterocycles. The summed E-state index contributed by atoms with van der Waals surface area (Å²) in [4.78, 5) is 11.4. The first kappa shape index (κ1) is 14.9. The molecule has 0 saturated carbocycles. The first-order valence-electron chi connectivity index (χ1n) is 5.85. The Balaban J connectivity index is 2.09. The minimum atomic E-state index is -0.386. The van der Waals surface area contributed by atoms with E-state index in [4.69, 9.17) is 16.3 Å². The molecule has 0 amide bonds. The van der Waals surface area contributed by atoms with E-state index in [1.54, 1.807) is 30.3 Å². The summed E-state index contributed by atoms with van der Waals surface area (Å²) in [6.45, 7) is 0.377. The van der Waals surface area contributed by atoms with E-state index in [1.807, 2.05) is 12.1 Å². The van der Waals surface area contributed by atoms with Crippen molar-refractivity contribution in [3.05, 3.63) is 63.1 Å². The van der Waals surface area contributed by atoms with Crippen molar-refractivity contribution in [1.82, 2.24) is 0 Å². The van der Waals surface area contributed by atoms with Crippen molar-refractivity contribution in [3.8, 4) is 5.75 Å². The van der Waals surface area contributed by atoms with E-state index >= 15 is 0 Å². The van der Waals surface area contributed by atoms with Crippen LogP contribution in [-0.4, -0.2) is 13.1 Å². The van der Waals surface area contributed by atoms with Crippen LogP contribution >= 0.6 is 27.5 Å². The summed E-state index contributed by atoms with van der Waals surface area (Å²) in [5.74, 6) is 0.220. The molecule has 0 unspecified atom stereocenters. The minimum Gasteiger partial charge on any atom is -0.489 e. The SMILES string of the molecule is COC(=O)c1cccc(OCc2ccc(Cl)cc2Br)c1. The molecular formula is C15H12BrClO3. The van der Waals surface area contributed by atoms with Crippen LogP contribution in [-0.2, 0) is 11.3 Å². The van der Waals surface area contributed by atoms with E-state index in [9.17, 15) is 4.79 Å². The molecule has 0 aliphatic heterocycles. The zero-order valence-corrected chi connectivity index (χ0v) is 13.1. The number of carbonyl (C=O) groups is 1. The second kappa shape index (κ2) is 6.77. The molecule has 2 rings (SSSR count). The summed E-state index contributed by atoms with van der Waals surface area (Å²) < 4.78 is 11.2. The van der Waals surface area contributed by atoms with Crippen molar-refractivity contribution in [2.45, 2.75) is 6.61 Å². The minimum absolute atomic E-state index is 0.377. The smallest absolute Gasteiger partial charge is 0.337 e. The summed E-state index contributed by atoms with van der Waals surface area (Å²) in [5.41, 5.74) is 1.43. The first-order valence-corrected chi connectivity index (χ1v) is 7.02. The Bertz CT molecular complexity index is 628. The van der Waals surface area contributed by atoms with Crippen molar-refractivity contribution in [3.63, 3.8) is 0 Å². The van der Waals surface area contributed by atoms with Crippen LogP contribution < -0.4 is 4.74 Å². The second-order valence-electron chi connectivity index (χ2n) is 4.04. The van der Waals surface area contributed by atoms with Gasteiger partial charge in [-0.3, -0.25) is 0 Å². The van der Waals surface area contributed by atoms with Crippen molar-refractivity contribution in [2.24, 2.45) is 0 Å². The van der Waals surface area contributed by atoms with Crippen molar-refractivity contribution in [2.75, 3.05) is 7.11 Å². The van der Waals surface area contributed by atoms with Gasteiger partial charge in [0.05, 0.1) is 12.7 Å². The summed E-state index contributed by atoms with van der Waals surface area (Å²) in [6, 6.07) is 12.4. The Labute approximate surface area is 130 Å². The van der Waals surface area contributed by atoms with E-state index < -0.39 is 0 Å². The third kappa shape index (κ3) is 3.74. The number of hydrogen-bond acceptors (Lipinski definition) is 3. The average molecular weight is 356 g/mol. The lowest BCUT2D eigenvalue weighted by Gasteiger charge is -2.09. The monoisotopic (exact) mass is 354 g/mol. The van der Waals surface area contributed by atoms with Crippen LogP contribution in [0, 0.1) is 0 Å². The van der Waals surface area contributed by atoms with Gasteiger partial charge in [0, 0.05) is 15.1 Å². The van der Waals surface area contributed by atoms with Crippen molar-refractivity contribution < 1.29 is 14.3 Å². The largest absolute Gasteiger partial charge is 0.489 e. The number of rotatable bonds is 4. The van der Waals surface area contributed by atoms with Gasteiger partial charge >= 0.3 is 5.97 Å². The van der Waals surface area contributed by atoms with Crippen LogP contribution in [0.3, 0.4) is 0 Å². The molecule has 0 spiro atoms.